The number of nitrogens with zero attached hydrogens (tertiary/aromatic N) is 3. The van der Waals surface area contributed by atoms with Gasteiger partial charge in [-0.15, -0.1) is 0 Å². The van der Waals surface area contributed by atoms with Crippen LogP contribution in [0, 0.1) is 11.7 Å². The van der Waals surface area contributed by atoms with E-state index in [1.54, 1.807) is 18.3 Å². The first kappa shape index (κ1) is 21.5. The van der Waals surface area contributed by atoms with Crippen molar-refractivity contribution in [2.75, 3.05) is 13.1 Å². The van der Waals surface area contributed by atoms with Crippen LogP contribution >= 0.6 is 0 Å². The van der Waals surface area contributed by atoms with Crippen LogP contribution in [0.25, 0.3) is 32.9 Å². The van der Waals surface area contributed by atoms with Crippen molar-refractivity contribution < 1.29 is 9.18 Å². The summed E-state index contributed by atoms with van der Waals surface area (Å²) in [6, 6.07) is 18.5. The van der Waals surface area contributed by atoms with Crippen LogP contribution in [0.1, 0.15) is 28.9 Å². The molecule has 1 fully saturated rings. The molecule has 0 atom stereocenters. The molecule has 0 bridgehead atoms. The van der Waals surface area contributed by atoms with E-state index in [2.05, 4.69) is 21.0 Å². The van der Waals surface area contributed by atoms with E-state index in [0.29, 0.717) is 31.1 Å². The highest BCUT2D eigenvalue weighted by Gasteiger charge is 2.29. The Labute approximate surface area is 202 Å². The van der Waals surface area contributed by atoms with Gasteiger partial charge in [0.25, 0.3) is 5.91 Å². The third-order valence-electron chi connectivity index (χ3n) is 6.76. The maximum atomic E-state index is 13.8. The van der Waals surface area contributed by atoms with Gasteiger partial charge in [-0.1, -0.05) is 24.3 Å². The number of H-pyrrole nitrogens is 1. The highest BCUT2D eigenvalue weighted by atomic mass is 19.1. The monoisotopic (exact) mass is 464 g/mol. The quantitative estimate of drug-likeness (QED) is 0.321. The first-order valence-electron chi connectivity index (χ1n) is 12.0. The number of aromatic nitrogens is 3. The Morgan fingerprint density at radius 1 is 1.06 bits per heavy atom. The number of nitrogens with one attached hydrogen (secondary N) is 1. The van der Waals surface area contributed by atoms with Crippen molar-refractivity contribution in [3.8, 4) is 11.1 Å². The molecule has 3 aromatic heterocycles. The molecule has 1 aliphatic carbocycles. The number of halogens is 1. The smallest absolute Gasteiger partial charge is 0.273 e. The first-order chi connectivity index (χ1) is 17.2. The number of amides is 1. The van der Waals surface area contributed by atoms with Crippen molar-refractivity contribution in [2.45, 2.75) is 19.3 Å². The molecule has 6 heteroatoms. The van der Waals surface area contributed by atoms with Crippen molar-refractivity contribution >= 4 is 27.7 Å². The number of para-hydroxylation sites is 1. The molecule has 2 aromatic carbocycles. The number of hydrogen-bond acceptors (Lipinski definition) is 3. The minimum absolute atomic E-state index is 0.0771. The molecular formula is C29H25FN4O. The summed E-state index contributed by atoms with van der Waals surface area (Å²) in [6.45, 7) is 1.26. The summed E-state index contributed by atoms with van der Waals surface area (Å²) >= 11 is 0. The lowest BCUT2D eigenvalue weighted by molar-refractivity contribution is 0.0744. The number of carbonyl (C=O) groups is 1. The van der Waals surface area contributed by atoms with Crippen LogP contribution in [-0.2, 0) is 6.42 Å². The molecule has 35 heavy (non-hydrogen) atoms. The fourth-order valence-electron chi connectivity index (χ4n) is 4.68. The Morgan fingerprint density at radius 3 is 2.83 bits per heavy atom. The van der Waals surface area contributed by atoms with Crippen molar-refractivity contribution in [1.29, 1.82) is 0 Å². The molecule has 0 saturated heterocycles. The first-order valence-corrected chi connectivity index (χ1v) is 12.0. The van der Waals surface area contributed by atoms with Crippen LogP contribution in [0.3, 0.4) is 0 Å². The van der Waals surface area contributed by atoms with Gasteiger partial charge in [-0.05, 0) is 67.1 Å². The summed E-state index contributed by atoms with van der Waals surface area (Å²) in [4.78, 5) is 28.0. The Bertz CT molecular complexity index is 1540. The van der Waals surface area contributed by atoms with Gasteiger partial charge in [-0.2, -0.15) is 0 Å². The van der Waals surface area contributed by atoms with Crippen LogP contribution in [0.15, 0.2) is 79.3 Å². The van der Waals surface area contributed by atoms with E-state index in [1.165, 1.54) is 6.07 Å². The summed E-state index contributed by atoms with van der Waals surface area (Å²) < 4.78 is 13.8. The lowest BCUT2D eigenvalue weighted by Crippen LogP contribution is -2.35. The second kappa shape index (κ2) is 8.95. The molecular weight excluding hydrogens is 439 g/mol. The molecule has 6 rings (SSSR count). The zero-order valence-electron chi connectivity index (χ0n) is 19.2. The van der Waals surface area contributed by atoms with E-state index in [-0.39, 0.29) is 11.7 Å². The third kappa shape index (κ3) is 4.39. The molecule has 1 amide bonds. The topological polar surface area (TPSA) is 61.9 Å². The van der Waals surface area contributed by atoms with E-state index in [0.717, 1.165) is 51.3 Å². The van der Waals surface area contributed by atoms with Gasteiger partial charge in [0, 0.05) is 59.1 Å². The summed E-state index contributed by atoms with van der Waals surface area (Å²) in [5.41, 5.74) is 4.92. The SMILES string of the molecule is O=C(c1ncccc1-c1cnc2ccccc2c1)N(CCc1c[nH]c2ccc(F)cc12)CC1CC1. The number of carbonyl (C=O) groups excluding carboxylic acids is 1. The third-order valence-corrected chi connectivity index (χ3v) is 6.76. The zero-order chi connectivity index (χ0) is 23.8. The van der Waals surface area contributed by atoms with Crippen molar-refractivity contribution in [1.82, 2.24) is 19.9 Å². The molecule has 0 unspecified atom stereocenters. The van der Waals surface area contributed by atoms with Gasteiger partial charge in [-0.25, -0.2) is 4.39 Å². The fraction of sp³-hybridized carbons (Fsp3) is 0.207. The van der Waals surface area contributed by atoms with E-state index < -0.39 is 0 Å². The van der Waals surface area contributed by atoms with Crippen LogP contribution < -0.4 is 0 Å². The number of hydrogen-bond donors (Lipinski definition) is 1. The largest absolute Gasteiger partial charge is 0.361 e. The summed E-state index contributed by atoms with van der Waals surface area (Å²) in [7, 11) is 0. The molecule has 174 valence electrons. The molecule has 3 heterocycles. The maximum absolute atomic E-state index is 13.8. The number of pyridine rings is 2. The molecule has 0 aliphatic heterocycles. The van der Waals surface area contributed by atoms with Gasteiger partial charge >= 0.3 is 0 Å². The van der Waals surface area contributed by atoms with Gasteiger partial charge in [0.05, 0.1) is 5.52 Å². The van der Waals surface area contributed by atoms with Crippen molar-refractivity contribution in [2.24, 2.45) is 5.92 Å². The summed E-state index contributed by atoms with van der Waals surface area (Å²) in [5.74, 6) is 0.201. The van der Waals surface area contributed by atoms with E-state index in [4.69, 9.17) is 0 Å². The second-order valence-corrected chi connectivity index (χ2v) is 9.26. The van der Waals surface area contributed by atoms with Gasteiger partial charge in [0.2, 0.25) is 0 Å². The molecule has 0 radical (unpaired) electrons. The highest BCUT2D eigenvalue weighted by Crippen LogP contribution is 2.32. The van der Waals surface area contributed by atoms with E-state index in [1.807, 2.05) is 53.7 Å². The molecule has 1 N–H and O–H groups in total. The number of rotatable bonds is 7. The van der Waals surface area contributed by atoms with Gasteiger partial charge in [-0.3, -0.25) is 14.8 Å². The number of aromatic amines is 1. The molecule has 5 nitrogen and oxygen atoms in total. The van der Waals surface area contributed by atoms with E-state index in [9.17, 15) is 9.18 Å². The van der Waals surface area contributed by atoms with Crippen molar-refractivity contribution in [3.05, 3.63) is 96.3 Å². The standard InChI is InChI=1S/C29H25FN4O/c30-23-9-10-27-25(15-23)21(16-33-27)11-13-34(18-19-7-8-19)29(35)28-24(5-3-12-31-28)22-14-20-4-1-2-6-26(20)32-17-22/h1-6,9-10,12,14-17,19,33H,7-8,11,13,18H2. The lowest BCUT2D eigenvalue weighted by Gasteiger charge is -2.23. The van der Waals surface area contributed by atoms with Crippen molar-refractivity contribution in [3.63, 3.8) is 0 Å². The molecule has 1 saturated carbocycles. The molecule has 1 aliphatic rings. The van der Waals surface area contributed by atoms with Gasteiger partial charge < -0.3 is 9.88 Å². The Hall–Kier alpha value is -4.06. The highest BCUT2D eigenvalue weighted by molar-refractivity contribution is 5.99. The fourth-order valence-corrected chi connectivity index (χ4v) is 4.68. The average Bonchev–Trinajstić information content (AvgIpc) is 3.63. The molecule has 0 spiro atoms. The average molecular weight is 465 g/mol. The predicted octanol–water partition coefficient (Wildman–Crippen LogP) is 6.01. The van der Waals surface area contributed by atoms with E-state index >= 15 is 0 Å². The van der Waals surface area contributed by atoms with Crippen LogP contribution in [0.2, 0.25) is 0 Å². The minimum atomic E-state index is -0.258. The number of fused-ring (bicyclic) bond motifs is 2. The van der Waals surface area contributed by atoms with Crippen LogP contribution in [0.5, 0.6) is 0 Å². The maximum Gasteiger partial charge on any atom is 0.273 e. The summed E-state index contributed by atoms with van der Waals surface area (Å²) in [6.07, 6.45) is 8.32. The lowest BCUT2D eigenvalue weighted by atomic mass is 10.0. The summed E-state index contributed by atoms with van der Waals surface area (Å²) in [5, 5.41) is 1.89. The zero-order valence-corrected chi connectivity index (χ0v) is 19.2. The Kier molecular flexibility index (Phi) is 5.49. The Morgan fingerprint density at radius 2 is 1.94 bits per heavy atom. The molecule has 5 aromatic rings. The van der Waals surface area contributed by atoms with Gasteiger partial charge in [0.15, 0.2) is 0 Å². The normalized spacial score (nSPS) is 13.4. The number of benzene rings is 2. The van der Waals surface area contributed by atoms with Crippen LogP contribution in [-0.4, -0.2) is 38.8 Å². The van der Waals surface area contributed by atoms with Gasteiger partial charge in [0.1, 0.15) is 11.5 Å². The second-order valence-electron chi connectivity index (χ2n) is 9.26. The predicted molar refractivity (Wildman–Crippen MR) is 136 cm³/mol. The Balaban J connectivity index is 1.30. The van der Waals surface area contributed by atoms with Crippen LogP contribution in [0.4, 0.5) is 4.39 Å². The minimum Gasteiger partial charge on any atom is -0.361 e.